The molecule has 0 radical (unpaired) electrons. The molecular formula is C4H4N2S3. The van der Waals surface area contributed by atoms with E-state index in [1.54, 1.807) is 33.3 Å². The van der Waals surface area contributed by atoms with Crippen LogP contribution in [0.4, 0.5) is 0 Å². The fraction of sp³-hybridized carbons (Fsp3) is 0.500. The van der Waals surface area contributed by atoms with Crippen LogP contribution in [0.3, 0.4) is 0 Å². The van der Waals surface area contributed by atoms with Crippen molar-refractivity contribution in [1.29, 1.82) is 0 Å². The van der Waals surface area contributed by atoms with Crippen LogP contribution in [0.1, 0.15) is 0 Å². The van der Waals surface area contributed by atoms with E-state index in [9.17, 15) is 0 Å². The Balaban J connectivity index is 2.28. The minimum absolute atomic E-state index is 0.874. The number of fused-ring (bicyclic) bond motifs is 2. The third kappa shape index (κ3) is 1.28. The van der Waals surface area contributed by atoms with Crippen LogP contribution in [0.25, 0.3) is 0 Å². The Bertz CT molecular complexity index is 166. The van der Waals surface area contributed by atoms with Gasteiger partial charge in [-0.15, -0.1) is 0 Å². The molecule has 0 unspecified atom stereocenters. The van der Waals surface area contributed by atoms with E-state index in [0.717, 1.165) is 13.1 Å². The van der Waals surface area contributed by atoms with Gasteiger partial charge in [-0.25, -0.2) is 0 Å². The first-order chi connectivity index (χ1) is 4.45. The van der Waals surface area contributed by atoms with Gasteiger partial charge in [-0.05, 0) is 33.3 Å². The van der Waals surface area contributed by atoms with Crippen LogP contribution in [0, 0.1) is 0 Å². The van der Waals surface area contributed by atoms with Gasteiger partial charge in [0.05, 0.1) is 13.1 Å². The van der Waals surface area contributed by atoms with Crippen LogP contribution in [0.15, 0.2) is 9.98 Å². The second kappa shape index (κ2) is 2.56. The molecule has 0 aromatic carbocycles. The highest BCUT2D eigenvalue weighted by Gasteiger charge is 2.19. The maximum Gasteiger partial charge on any atom is 0.142 e. The molecule has 1 fully saturated rings. The van der Waals surface area contributed by atoms with Gasteiger partial charge in [-0.2, -0.15) is 0 Å². The van der Waals surface area contributed by atoms with Crippen molar-refractivity contribution < 1.29 is 0 Å². The van der Waals surface area contributed by atoms with Crippen LogP contribution in [0.2, 0.25) is 0 Å². The fourth-order valence-electron chi connectivity index (χ4n) is 0.580. The Labute approximate surface area is 65.4 Å². The molecule has 0 saturated carbocycles. The van der Waals surface area contributed by atoms with Crippen LogP contribution < -0.4 is 0 Å². The Hall–Kier alpha value is 0.390. The quantitative estimate of drug-likeness (QED) is 0.526. The highest BCUT2D eigenvalue weighted by atomic mass is 33.1. The first-order valence-electron chi connectivity index (χ1n) is 2.56. The van der Waals surface area contributed by atoms with Crippen molar-refractivity contribution in [3.8, 4) is 0 Å². The summed E-state index contributed by atoms with van der Waals surface area (Å²) in [4.78, 5) is 8.58. The Kier molecular flexibility index (Phi) is 1.74. The van der Waals surface area contributed by atoms with E-state index in [0.29, 0.717) is 0 Å². The largest absolute Gasteiger partial charge is 0.269 e. The summed E-state index contributed by atoms with van der Waals surface area (Å²) in [5.74, 6) is 0. The Morgan fingerprint density at radius 1 is 1.00 bits per heavy atom. The van der Waals surface area contributed by atoms with E-state index in [1.807, 2.05) is 0 Å². The van der Waals surface area contributed by atoms with Crippen molar-refractivity contribution in [3.63, 3.8) is 0 Å². The van der Waals surface area contributed by atoms with Crippen LogP contribution >= 0.6 is 33.3 Å². The second-order valence-corrected chi connectivity index (χ2v) is 5.17. The Morgan fingerprint density at radius 2 is 1.56 bits per heavy atom. The van der Waals surface area contributed by atoms with E-state index in [2.05, 4.69) is 9.98 Å². The van der Waals surface area contributed by atoms with Crippen LogP contribution in [-0.2, 0) is 0 Å². The summed E-state index contributed by atoms with van der Waals surface area (Å²) in [5, 5.41) is 0. The number of hydrogen-bond acceptors (Lipinski definition) is 5. The highest BCUT2D eigenvalue weighted by molar-refractivity contribution is 9.00. The summed E-state index contributed by atoms with van der Waals surface area (Å²) < 4.78 is 2.35. The molecule has 48 valence electrons. The van der Waals surface area contributed by atoms with E-state index in [4.69, 9.17) is 0 Å². The normalized spacial score (nSPS) is 24.9. The van der Waals surface area contributed by atoms with E-state index in [-0.39, 0.29) is 0 Å². The Morgan fingerprint density at radius 3 is 2.11 bits per heavy atom. The molecule has 0 aliphatic carbocycles. The van der Waals surface area contributed by atoms with Gasteiger partial charge in [-0.1, -0.05) is 0 Å². The van der Waals surface area contributed by atoms with Crippen LogP contribution in [0.5, 0.6) is 0 Å². The average molecular weight is 176 g/mol. The van der Waals surface area contributed by atoms with E-state index in [1.165, 1.54) is 8.75 Å². The van der Waals surface area contributed by atoms with Gasteiger partial charge >= 0.3 is 0 Å². The topological polar surface area (TPSA) is 24.7 Å². The summed E-state index contributed by atoms with van der Waals surface area (Å²) in [7, 11) is 3.45. The minimum Gasteiger partial charge on any atom is -0.269 e. The molecule has 0 N–H and O–H groups in total. The number of thioether (sulfide) groups is 1. The molecule has 0 aromatic rings. The molecule has 2 heterocycles. The summed E-state index contributed by atoms with van der Waals surface area (Å²) in [6, 6.07) is 0. The predicted molar refractivity (Wildman–Crippen MR) is 47.4 cm³/mol. The molecule has 2 aliphatic heterocycles. The van der Waals surface area contributed by atoms with Crippen molar-refractivity contribution >= 4 is 42.1 Å². The van der Waals surface area contributed by atoms with Crippen molar-refractivity contribution in [2.75, 3.05) is 13.1 Å². The zero-order valence-corrected chi connectivity index (χ0v) is 6.98. The molecule has 2 bridgehead atoms. The molecule has 2 nitrogen and oxygen atoms in total. The van der Waals surface area contributed by atoms with E-state index < -0.39 is 0 Å². The fourth-order valence-corrected chi connectivity index (χ4v) is 4.34. The molecule has 1 saturated heterocycles. The van der Waals surface area contributed by atoms with Crippen molar-refractivity contribution in [1.82, 2.24) is 0 Å². The van der Waals surface area contributed by atoms with E-state index >= 15 is 0 Å². The van der Waals surface area contributed by atoms with Gasteiger partial charge in [0.2, 0.25) is 0 Å². The van der Waals surface area contributed by atoms with Gasteiger partial charge in [0.25, 0.3) is 0 Å². The van der Waals surface area contributed by atoms with Gasteiger partial charge in [0.15, 0.2) is 0 Å². The molecular weight excluding hydrogens is 172 g/mol. The number of aliphatic imine (C=N–C) groups is 2. The van der Waals surface area contributed by atoms with Gasteiger partial charge in [0.1, 0.15) is 8.75 Å². The van der Waals surface area contributed by atoms with Gasteiger partial charge in [-0.3, -0.25) is 9.98 Å². The summed E-state index contributed by atoms with van der Waals surface area (Å²) in [6.45, 7) is 1.75. The first kappa shape index (κ1) is 6.12. The van der Waals surface area contributed by atoms with Gasteiger partial charge < -0.3 is 0 Å². The molecule has 0 atom stereocenters. The monoisotopic (exact) mass is 176 g/mol. The summed E-state index contributed by atoms with van der Waals surface area (Å²) >= 11 is 1.70. The molecule has 0 aromatic heterocycles. The summed E-state index contributed by atoms with van der Waals surface area (Å²) in [6.07, 6.45) is 0. The second-order valence-electron chi connectivity index (χ2n) is 1.56. The molecule has 0 amide bonds. The zero-order valence-electron chi connectivity index (χ0n) is 4.53. The highest BCUT2D eigenvalue weighted by Crippen LogP contribution is 2.43. The third-order valence-electron chi connectivity index (χ3n) is 0.941. The predicted octanol–water partition coefficient (Wildman–Crippen LogP) is 1.84. The molecule has 9 heavy (non-hydrogen) atoms. The lowest BCUT2D eigenvalue weighted by Crippen LogP contribution is -1.86. The molecule has 0 spiro atoms. The van der Waals surface area contributed by atoms with Gasteiger partial charge in [0, 0.05) is 0 Å². The molecule has 5 heteroatoms. The van der Waals surface area contributed by atoms with Crippen molar-refractivity contribution in [2.45, 2.75) is 0 Å². The lowest BCUT2D eigenvalue weighted by Gasteiger charge is -1.89. The lowest BCUT2D eigenvalue weighted by molar-refractivity contribution is 0.990. The third-order valence-corrected chi connectivity index (χ3v) is 5.01. The average Bonchev–Trinajstić information content (AvgIpc) is 2.09. The standard InChI is InChI=1S/C4H4N2S3/c1-2-6-4-7-3(5-1)8-9-4/h1-2H2. The van der Waals surface area contributed by atoms with Crippen molar-refractivity contribution in [2.24, 2.45) is 9.98 Å². The summed E-state index contributed by atoms with van der Waals surface area (Å²) in [5.41, 5.74) is 0. The number of rotatable bonds is 0. The minimum atomic E-state index is 0.874. The van der Waals surface area contributed by atoms with Crippen LogP contribution in [-0.4, -0.2) is 21.8 Å². The molecule has 2 aliphatic rings. The smallest absolute Gasteiger partial charge is 0.142 e. The molecule has 2 rings (SSSR count). The first-order valence-corrected chi connectivity index (χ1v) is 5.53. The maximum atomic E-state index is 4.29. The van der Waals surface area contributed by atoms with Crippen molar-refractivity contribution in [3.05, 3.63) is 0 Å². The SMILES string of the molecule is C1CN=C2SSC(=N1)S2. The maximum absolute atomic E-state index is 4.29. The zero-order chi connectivity index (χ0) is 6.10. The number of hydrogen-bond donors (Lipinski definition) is 0. The number of nitrogens with zero attached hydrogens (tertiary/aromatic N) is 2. The lowest BCUT2D eigenvalue weighted by atomic mass is 10.7.